The standard InChI is InChI=1S/C21H18O/c1-21(14-12-17-8-4-2-5-9-17)15-13-19(22)16-20(21)18-10-6-3-7-11-18/h2-11,16H,13,15H2,1H3. The molecule has 2 aromatic rings. The van der Waals surface area contributed by atoms with Crippen molar-refractivity contribution in [3.63, 3.8) is 0 Å². The SMILES string of the molecule is CC1(C#Cc2ccccc2)CCC(=O)C=C1c1ccccc1. The van der Waals surface area contributed by atoms with Crippen molar-refractivity contribution in [2.24, 2.45) is 5.41 Å². The normalized spacial score (nSPS) is 20.8. The van der Waals surface area contributed by atoms with Crippen molar-refractivity contribution >= 4 is 11.4 Å². The van der Waals surface area contributed by atoms with E-state index in [4.69, 9.17) is 0 Å². The zero-order chi connectivity index (χ0) is 15.4. The third-order valence-electron chi connectivity index (χ3n) is 4.11. The predicted octanol–water partition coefficient (Wildman–Crippen LogP) is 4.49. The Hall–Kier alpha value is -2.59. The highest BCUT2D eigenvalue weighted by molar-refractivity contribution is 6.00. The van der Waals surface area contributed by atoms with Gasteiger partial charge in [-0.15, -0.1) is 0 Å². The lowest BCUT2D eigenvalue weighted by Gasteiger charge is -2.30. The van der Waals surface area contributed by atoms with Crippen molar-refractivity contribution in [2.75, 3.05) is 0 Å². The molecule has 0 aliphatic heterocycles. The van der Waals surface area contributed by atoms with Crippen LogP contribution < -0.4 is 0 Å². The van der Waals surface area contributed by atoms with Gasteiger partial charge < -0.3 is 0 Å². The summed E-state index contributed by atoms with van der Waals surface area (Å²) in [6.07, 6.45) is 3.11. The van der Waals surface area contributed by atoms with Gasteiger partial charge in [-0.3, -0.25) is 4.79 Å². The minimum absolute atomic E-state index is 0.192. The Morgan fingerprint density at radius 1 is 0.955 bits per heavy atom. The number of hydrogen-bond donors (Lipinski definition) is 0. The van der Waals surface area contributed by atoms with E-state index in [0.717, 1.165) is 23.1 Å². The summed E-state index contributed by atoms with van der Waals surface area (Å²) in [6.45, 7) is 2.13. The Morgan fingerprint density at radius 3 is 2.27 bits per heavy atom. The second kappa shape index (κ2) is 6.03. The van der Waals surface area contributed by atoms with Gasteiger partial charge >= 0.3 is 0 Å². The number of allylic oxidation sites excluding steroid dienone is 2. The van der Waals surface area contributed by atoms with Gasteiger partial charge in [-0.2, -0.15) is 0 Å². The van der Waals surface area contributed by atoms with Crippen LogP contribution >= 0.6 is 0 Å². The molecule has 1 aliphatic carbocycles. The summed E-state index contributed by atoms with van der Waals surface area (Å²) in [4.78, 5) is 11.9. The molecular formula is C21H18O. The molecule has 0 saturated heterocycles. The van der Waals surface area contributed by atoms with E-state index in [2.05, 4.69) is 18.8 Å². The molecule has 2 aromatic carbocycles. The van der Waals surface area contributed by atoms with Crippen LogP contribution in [0.2, 0.25) is 0 Å². The lowest BCUT2D eigenvalue weighted by atomic mass is 9.71. The van der Waals surface area contributed by atoms with Crippen molar-refractivity contribution in [2.45, 2.75) is 19.8 Å². The Morgan fingerprint density at radius 2 is 1.59 bits per heavy atom. The Balaban J connectivity index is 2.02. The second-order valence-electron chi connectivity index (χ2n) is 5.84. The maximum absolute atomic E-state index is 11.9. The summed E-state index contributed by atoms with van der Waals surface area (Å²) in [6, 6.07) is 20.1. The molecule has 1 heteroatoms. The average Bonchev–Trinajstić information content (AvgIpc) is 2.57. The van der Waals surface area contributed by atoms with Gasteiger partial charge in [-0.1, -0.05) is 60.4 Å². The minimum atomic E-state index is -0.287. The van der Waals surface area contributed by atoms with Crippen molar-refractivity contribution < 1.29 is 4.79 Å². The average molecular weight is 286 g/mol. The lowest BCUT2D eigenvalue weighted by Crippen LogP contribution is -2.23. The molecule has 0 heterocycles. The molecule has 0 saturated carbocycles. The fraction of sp³-hybridized carbons (Fsp3) is 0.190. The summed E-state index contributed by atoms with van der Waals surface area (Å²) in [7, 11) is 0. The van der Waals surface area contributed by atoms with Gasteiger partial charge in [0.15, 0.2) is 5.78 Å². The molecule has 1 nitrogen and oxygen atoms in total. The summed E-state index contributed by atoms with van der Waals surface area (Å²) in [5.74, 6) is 6.87. The van der Waals surface area contributed by atoms with E-state index in [1.165, 1.54) is 0 Å². The molecule has 1 atom stereocenters. The zero-order valence-electron chi connectivity index (χ0n) is 12.7. The van der Waals surface area contributed by atoms with E-state index in [-0.39, 0.29) is 11.2 Å². The second-order valence-corrected chi connectivity index (χ2v) is 5.84. The summed E-state index contributed by atoms with van der Waals surface area (Å²) in [5.41, 5.74) is 2.84. The van der Waals surface area contributed by atoms with Gasteiger partial charge in [0, 0.05) is 12.0 Å². The fourth-order valence-electron chi connectivity index (χ4n) is 2.78. The van der Waals surface area contributed by atoms with Crippen LogP contribution in [-0.2, 0) is 4.79 Å². The van der Waals surface area contributed by atoms with Crippen molar-refractivity contribution in [1.29, 1.82) is 0 Å². The largest absolute Gasteiger partial charge is 0.295 e. The molecule has 0 aromatic heterocycles. The van der Waals surface area contributed by atoms with Crippen molar-refractivity contribution in [3.8, 4) is 11.8 Å². The number of hydrogen-bond acceptors (Lipinski definition) is 1. The van der Waals surface area contributed by atoms with Gasteiger partial charge in [0.2, 0.25) is 0 Å². The molecule has 0 radical (unpaired) electrons. The Labute approximate surface area is 131 Å². The zero-order valence-corrected chi connectivity index (χ0v) is 12.7. The first-order valence-corrected chi connectivity index (χ1v) is 7.56. The first kappa shape index (κ1) is 14.4. The van der Waals surface area contributed by atoms with Gasteiger partial charge in [0.05, 0.1) is 5.41 Å². The Bertz CT molecular complexity index is 760. The third kappa shape index (κ3) is 3.02. The topological polar surface area (TPSA) is 17.1 Å². The van der Waals surface area contributed by atoms with Crippen LogP contribution in [0, 0.1) is 17.3 Å². The van der Waals surface area contributed by atoms with Crippen LogP contribution in [-0.4, -0.2) is 5.78 Å². The maximum atomic E-state index is 11.9. The molecule has 108 valence electrons. The molecule has 0 spiro atoms. The van der Waals surface area contributed by atoms with E-state index in [0.29, 0.717) is 6.42 Å². The monoisotopic (exact) mass is 286 g/mol. The van der Waals surface area contributed by atoms with Crippen LogP contribution in [0.4, 0.5) is 0 Å². The highest BCUT2D eigenvalue weighted by atomic mass is 16.1. The van der Waals surface area contributed by atoms with E-state index in [1.54, 1.807) is 6.08 Å². The molecule has 0 bridgehead atoms. The van der Waals surface area contributed by atoms with E-state index >= 15 is 0 Å². The summed E-state index contributed by atoms with van der Waals surface area (Å²) < 4.78 is 0. The first-order valence-electron chi connectivity index (χ1n) is 7.56. The Kier molecular flexibility index (Phi) is 3.94. The molecular weight excluding hydrogens is 268 g/mol. The molecule has 0 fully saturated rings. The molecule has 0 amide bonds. The third-order valence-corrected chi connectivity index (χ3v) is 4.11. The quantitative estimate of drug-likeness (QED) is 0.706. The van der Waals surface area contributed by atoms with Crippen LogP contribution in [0.3, 0.4) is 0 Å². The van der Waals surface area contributed by atoms with Crippen molar-refractivity contribution in [3.05, 3.63) is 77.9 Å². The smallest absolute Gasteiger partial charge is 0.156 e. The van der Waals surface area contributed by atoms with Crippen LogP contribution in [0.25, 0.3) is 5.57 Å². The van der Waals surface area contributed by atoms with Crippen LogP contribution in [0.1, 0.15) is 30.9 Å². The van der Waals surface area contributed by atoms with E-state index in [1.807, 2.05) is 60.7 Å². The molecule has 3 rings (SSSR count). The molecule has 1 aliphatic rings. The van der Waals surface area contributed by atoms with Gasteiger partial charge in [0.1, 0.15) is 0 Å². The number of rotatable bonds is 1. The van der Waals surface area contributed by atoms with E-state index < -0.39 is 0 Å². The van der Waals surface area contributed by atoms with Crippen molar-refractivity contribution in [1.82, 2.24) is 0 Å². The lowest BCUT2D eigenvalue weighted by molar-refractivity contribution is -0.115. The van der Waals surface area contributed by atoms with Crippen LogP contribution in [0.15, 0.2) is 66.7 Å². The van der Waals surface area contributed by atoms with E-state index in [9.17, 15) is 4.79 Å². The van der Waals surface area contributed by atoms with Crippen LogP contribution in [0.5, 0.6) is 0 Å². The minimum Gasteiger partial charge on any atom is -0.295 e. The maximum Gasteiger partial charge on any atom is 0.156 e. The fourth-order valence-corrected chi connectivity index (χ4v) is 2.78. The number of carbonyl (C=O) groups is 1. The number of benzene rings is 2. The van der Waals surface area contributed by atoms with Gasteiger partial charge in [-0.25, -0.2) is 0 Å². The summed E-state index contributed by atoms with van der Waals surface area (Å²) >= 11 is 0. The highest BCUT2D eigenvalue weighted by Crippen LogP contribution is 2.41. The molecule has 1 unspecified atom stereocenters. The molecule has 0 N–H and O–H groups in total. The van der Waals surface area contributed by atoms with Gasteiger partial charge in [0.25, 0.3) is 0 Å². The number of ketones is 1. The predicted molar refractivity (Wildman–Crippen MR) is 90.1 cm³/mol. The number of carbonyl (C=O) groups excluding carboxylic acids is 1. The highest BCUT2D eigenvalue weighted by Gasteiger charge is 2.32. The summed E-state index contributed by atoms with van der Waals surface area (Å²) in [5, 5.41) is 0. The molecule has 22 heavy (non-hydrogen) atoms. The van der Waals surface area contributed by atoms with Gasteiger partial charge in [-0.05, 0) is 42.7 Å². The first-order chi connectivity index (χ1) is 10.7.